The molecule has 0 unspecified atom stereocenters. The molecule has 3 aromatic rings. The number of nitrogens with zero attached hydrogens (tertiary/aromatic N) is 2. The van der Waals surface area contributed by atoms with Crippen LogP contribution in [0.3, 0.4) is 0 Å². The van der Waals surface area contributed by atoms with Crippen LogP contribution in [0.15, 0.2) is 48.5 Å². The molecule has 3 rings (SSSR count). The number of hydrogen-bond donors (Lipinski definition) is 1. The molecule has 4 nitrogen and oxygen atoms in total. The molecule has 120 valence electrons. The predicted octanol–water partition coefficient (Wildman–Crippen LogP) is 3.58. The molecule has 1 aromatic heterocycles. The molecule has 0 aliphatic heterocycles. The molecule has 0 saturated heterocycles. The molecular formula is C18H19ClN2O2. The molecule has 0 aliphatic rings. The lowest BCUT2D eigenvalue weighted by molar-refractivity contribution is 0.0206. The minimum atomic E-state index is -0.603. The monoisotopic (exact) mass is 330 g/mol. The van der Waals surface area contributed by atoms with Crippen molar-refractivity contribution in [2.75, 3.05) is 6.61 Å². The van der Waals surface area contributed by atoms with Crippen LogP contribution < -0.4 is 0 Å². The van der Waals surface area contributed by atoms with Crippen LogP contribution in [-0.2, 0) is 17.9 Å². The Hall–Kier alpha value is -1.88. The predicted molar refractivity (Wildman–Crippen MR) is 91.6 cm³/mol. The van der Waals surface area contributed by atoms with Crippen LogP contribution in [0.5, 0.6) is 0 Å². The molecule has 23 heavy (non-hydrogen) atoms. The van der Waals surface area contributed by atoms with Gasteiger partial charge in [-0.15, -0.1) is 0 Å². The Morgan fingerprint density at radius 2 is 1.91 bits per heavy atom. The summed E-state index contributed by atoms with van der Waals surface area (Å²) in [5.41, 5.74) is 2.88. The number of para-hydroxylation sites is 2. The first-order valence-electron chi connectivity index (χ1n) is 7.56. The van der Waals surface area contributed by atoms with Crippen LogP contribution in [-0.4, -0.2) is 27.4 Å². The van der Waals surface area contributed by atoms with E-state index in [1.165, 1.54) is 0 Å². The fraction of sp³-hybridized carbons (Fsp3) is 0.278. The smallest absolute Gasteiger partial charge is 0.106 e. The lowest BCUT2D eigenvalue weighted by atomic mass is 10.2. The summed E-state index contributed by atoms with van der Waals surface area (Å²) in [6.45, 7) is 3.03. The Kier molecular flexibility index (Phi) is 4.96. The van der Waals surface area contributed by atoms with Gasteiger partial charge in [0.2, 0.25) is 0 Å². The number of imidazole rings is 1. The first-order valence-corrected chi connectivity index (χ1v) is 7.94. The number of rotatable bonds is 6. The minimum absolute atomic E-state index is 0.247. The lowest BCUT2D eigenvalue weighted by Crippen LogP contribution is -2.22. The van der Waals surface area contributed by atoms with E-state index in [1.54, 1.807) is 0 Å². The SMILES string of the molecule is Cc1nc2ccccc2n1C[C@H](O)COCc1ccccc1Cl. The van der Waals surface area contributed by atoms with Gasteiger partial charge in [-0.2, -0.15) is 0 Å². The summed E-state index contributed by atoms with van der Waals surface area (Å²) in [5.74, 6) is 0.886. The second-order valence-electron chi connectivity index (χ2n) is 5.52. The fourth-order valence-electron chi connectivity index (χ4n) is 2.61. The highest BCUT2D eigenvalue weighted by Gasteiger charge is 2.12. The first kappa shape index (κ1) is 16.0. The van der Waals surface area contributed by atoms with Crippen LogP contribution in [0.4, 0.5) is 0 Å². The van der Waals surface area contributed by atoms with Gasteiger partial charge in [-0.25, -0.2) is 4.98 Å². The lowest BCUT2D eigenvalue weighted by Gasteiger charge is -2.14. The van der Waals surface area contributed by atoms with Gasteiger partial charge in [0.15, 0.2) is 0 Å². The number of benzene rings is 2. The molecule has 1 heterocycles. The number of ether oxygens (including phenoxy) is 1. The van der Waals surface area contributed by atoms with Gasteiger partial charge in [0.05, 0.1) is 36.9 Å². The quantitative estimate of drug-likeness (QED) is 0.751. The number of fused-ring (bicyclic) bond motifs is 1. The van der Waals surface area contributed by atoms with E-state index < -0.39 is 6.10 Å². The van der Waals surface area contributed by atoms with Crippen molar-refractivity contribution in [3.8, 4) is 0 Å². The summed E-state index contributed by atoms with van der Waals surface area (Å²) in [6, 6.07) is 15.5. The molecule has 0 saturated carbocycles. The number of aliphatic hydroxyl groups is 1. The van der Waals surface area contributed by atoms with E-state index in [4.69, 9.17) is 16.3 Å². The topological polar surface area (TPSA) is 47.3 Å². The van der Waals surface area contributed by atoms with Crippen molar-refractivity contribution < 1.29 is 9.84 Å². The van der Waals surface area contributed by atoms with E-state index in [2.05, 4.69) is 4.98 Å². The summed E-state index contributed by atoms with van der Waals surface area (Å²) >= 11 is 6.09. The first-order chi connectivity index (χ1) is 11.1. The summed E-state index contributed by atoms with van der Waals surface area (Å²) in [5, 5.41) is 10.9. The molecule has 0 amide bonds. The maximum Gasteiger partial charge on any atom is 0.106 e. The van der Waals surface area contributed by atoms with Gasteiger partial charge >= 0.3 is 0 Å². The van der Waals surface area contributed by atoms with Gasteiger partial charge < -0.3 is 14.4 Å². The van der Waals surface area contributed by atoms with Crippen LogP contribution in [0.2, 0.25) is 5.02 Å². The number of aryl methyl sites for hydroxylation is 1. The Morgan fingerprint density at radius 1 is 1.17 bits per heavy atom. The molecule has 0 aliphatic carbocycles. The van der Waals surface area contributed by atoms with E-state index in [0.29, 0.717) is 18.2 Å². The molecule has 5 heteroatoms. The normalized spacial score (nSPS) is 12.7. The Morgan fingerprint density at radius 3 is 2.74 bits per heavy atom. The third kappa shape index (κ3) is 3.72. The van der Waals surface area contributed by atoms with Crippen LogP contribution >= 0.6 is 11.6 Å². The van der Waals surface area contributed by atoms with E-state index in [1.807, 2.05) is 60.0 Å². The number of aliphatic hydroxyl groups excluding tert-OH is 1. The second-order valence-corrected chi connectivity index (χ2v) is 5.93. The summed E-state index contributed by atoms with van der Waals surface area (Å²) < 4.78 is 7.61. The number of hydrogen-bond acceptors (Lipinski definition) is 3. The number of aromatic nitrogens is 2. The molecule has 0 spiro atoms. The van der Waals surface area contributed by atoms with Gasteiger partial charge in [-0.05, 0) is 30.7 Å². The molecule has 1 atom stereocenters. The van der Waals surface area contributed by atoms with Crippen molar-refractivity contribution in [2.24, 2.45) is 0 Å². The fourth-order valence-corrected chi connectivity index (χ4v) is 2.80. The van der Waals surface area contributed by atoms with Crippen molar-refractivity contribution in [1.29, 1.82) is 0 Å². The third-order valence-corrected chi connectivity index (χ3v) is 4.13. The highest BCUT2D eigenvalue weighted by Crippen LogP contribution is 2.17. The summed E-state index contributed by atoms with van der Waals surface area (Å²) in [4.78, 5) is 4.50. The van der Waals surface area contributed by atoms with Gasteiger partial charge in [-0.3, -0.25) is 0 Å². The zero-order chi connectivity index (χ0) is 16.2. The standard InChI is InChI=1S/C18H19ClN2O2/c1-13-20-17-8-4-5-9-18(17)21(13)10-15(22)12-23-11-14-6-2-3-7-16(14)19/h2-9,15,22H,10-12H2,1H3/t15-/m0/s1. The van der Waals surface area contributed by atoms with Crippen molar-refractivity contribution in [3.63, 3.8) is 0 Å². The Bertz CT molecular complexity index is 801. The molecule has 0 fully saturated rings. The highest BCUT2D eigenvalue weighted by atomic mass is 35.5. The van der Waals surface area contributed by atoms with E-state index in [9.17, 15) is 5.11 Å². The van der Waals surface area contributed by atoms with Crippen molar-refractivity contribution >= 4 is 22.6 Å². The zero-order valence-corrected chi connectivity index (χ0v) is 13.7. The van der Waals surface area contributed by atoms with Gasteiger partial charge in [0, 0.05) is 5.02 Å². The average Bonchev–Trinajstić information content (AvgIpc) is 2.85. The van der Waals surface area contributed by atoms with Crippen LogP contribution in [0.25, 0.3) is 11.0 Å². The van der Waals surface area contributed by atoms with E-state index in [-0.39, 0.29) is 6.61 Å². The van der Waals surface area contributed by atoms with Crippen molar-refractivity contribution in [1.82, 2.24) is 9.55 Å². The van der Waals surface area contributed by atoms with Crippen LogP contribution in [0.1, 0.15) is 11.4 Å². The van der Waals surface area contributed by atoms with Gasteiger partial charge in [0.1, 0.15) is 5.82 Å². The summed E-state index contributed by atoms with van der Waals surface area (Å²) in [7, 11) is 0. The van der Waals surface area contributed by atoms with Crippen LogP contribution in [0, 0.1) is 6.92 Å². The Balaban J connectivity index is 1.60. The molecule has 1 N–H and O–H groups in total. The molecule has 2 aromatic carbocycles. The maximum atomic E-state index is 10.2. The highest BCUT2D eigenvalue weighted by molar-refractivity contribution is 6.31. The second kappa shape index (κ2) is 7.13. The maximum absolute atomic E-state index is 10.2. The summed E-state index contributed by atoms with van der Waals surface area (Å²) in [6.07, 6.45) is -0.603. The van der Waals surface area contributed by atoms with E-state index in [0.717, 1.165) is 22.4 Å². The number of halogens is 1. The Labute approximate surface area is 140 Å². The van der Waals surface area contributed by atoms with Crippen molar-refractivity contribution in [3.05, 3.63) is 64.9 Å². The molecule has 0 radical (unpaired) electrons. The van der Waals surface area contributed by atoms with Crippen molar-refractivity contribution in [2.45, 2.75) is 26.2 Å². The van der Waals surface area contributed by atoms with Gasteiger partial charge in [0.25, 0.3) is 0 Å². The molecular weight excluding hydrogens is 312 g/mol. The zero-order valence-electron chi connectivity index (χ0n) is 12.9. The largest absolute Gasteiger partial charge is 0.389 e. The average molecular weight is 331 g/mol. The van der Waals surface area contributed by atoms with E-state index >= 15 is 0 Å². The molecule has 0 bridgehead atoms. The third-order valence-electron chi connectivity index (χ3n) is 3.76. The minimum Gasteiger partial charge on any atom is -0.389 e. The van der Waals surface area contributed by atoms with Gasteiger partial charge in [-0.1, -0.05) is 41.9 Å².